The summed E-state index contributed by atoms with van der Waals surface area (Å²) in [5.74, 6) is 0.559. The van der Waals surface area contributed by atoms with Gasteiger partial charge in [0, 0.05) is 0 Å². The van der Waals surface area contributed by atoms with Crippen molar-refractivity contribution < 1.29 is 4.74 Å². The highest BCUT2D eigenvalue weighted by atomic mass is 16.5. The normalized spacial score (nSPS) is 34.5. The molecule has 15 heavy (non-hydrogen) atoms. The summed E-state index contributed by atoms with van der Waals surface area (Å²) >= 11 is 0. The van der Waals surface area contributed by atoms with Crippen LogP contribution in [-0.2, 0) is 4.74 Å². The predicted molar refractivity (Wildman–Crippen MR) is 60.6 cm³/mol. The van der Waals surface area contributed by atoms with Gasteiger partial charge in [0.2, 0.25) is 0 Å². The van der Waals surface area contributed by atoms with Crippen LogP contribution in [0.25, 0.3) is 0 Å². The molecule has 2 heterocycles. The van der Waals surface area contributed by atoms with Gasteiger partial charge in [-0.05, 0) is 19.3 Å². The number of rotatable bonds is 4. The Hall–Kier alpha value is -0.770. The molecule has 4 nitrogen and oxygen atoms in total. The fraction of sp³-hybridized carbons (Fsp3) is 0.909. The molecule has 0 saturated carbocycles. The minimum absolute atomic E-state index is 0.0127. The largest absolute Gasteiger partial charge is 0.370 e. The molecule has 0 unspecified atom stereocenters. The number of nitrogens with two attached hydrogens (primary N) is 1. The fourth-order valence-electron chi connectivity index (χ4n) is 2.38. The maximum absolute atomic E-state index is 5.81. The van der Waals surface area contributed by atoms with E-state index in [0.29, 0.717) is 18.1 Å². The Morgan fingerprint density at radius 1 is 1.47 bits per heavy atom. The van der Waals surface area contributed by atoms with E-state index in [4.69, 9.17) is 10.5 Å². The minimum Gasteiger partial charge on any atom is -0.370 e. The molecule has 1 fully saturated rings. The van der Waals surface area contributed by atoms with Crippen molar-refractivity contribution in [2.45, 2.75) is 63.8 Å². The van der Waals surface area contributed by atoms with Crippen molar-refractivity contribution in [2.24, 2.45) is 10.7 Å². The van der Waals surface area contributed by atoms with E-state index < -0.39 is 0 Å². The Labute approximate surface area is 91.3 Å². The van der Waals surface area contributed by atoms with E-state index in [2.05, 4.69) is 17.2 Å². The molecule has 0 radical (unpaired) electrons. The molecule has 0 amide bonds. The molecule has 0 aromatic heterocycles. The zero-order valence-electron chi connectivity index (χ0n) is 9.41. The van der Waals surface area contributed by atoms with Gasteiger partial charge in [-0.25, -0.2) is 4.99 Å². The lowest BCUT2D eigenvalue weighted by Crippen LogP contribution is -2.45. The van der Waals surface area contributed by atoms with Gasteiger partial charge < -0.3 is 15.8 Å². The number of aliphatic imine (C=N–C) groups is 1. The van der Waals surface area contributed by atoms with Gasteiger partial charge in [-0.2, -0.15) is 0 Å². The van der Waals surface area contributed by atoms with Crippen molar-refractivity contribution in [3.05, 3.63) is 0 Å². The summed E-state index contributed by atoms with van der Waals surface area (Å²) in [5, 5.41) is 3.27. The number of nitrogens with zero attached hydrogens (tertiary/aromatic N) is 1. The lowest BCUT2D eigenvalue weighted by Gasteiger charge is -2.22. The molecule has 3 atom stereocenters. The van der Waals surface area contributed by atoms with Crippen LogP contribution in [0.5, 0.6) is 0 Å². The van der Waals surface area contributed by atoms with Crippen LogP contribution in [0, 0.1) is 0 Å². The summed E-state index contributed by atoms with van der Waals surface area (Å²) < 4.78 is 5.81. The Balaban J connectivity index is 1.90. The summed E-state index contributed by atoms with van der Waals surface area (Å²) in [7, 11) is 0. The Morgan fingerprint density at radius 2 is 2.33 bits per heavy atom. The van der Waals surface area contributed by atoms with E-state index in [1.54, 1.807) is 0 Å². The van der Waals surface area contributed by atoms with E-state index in [9.17, 15) is 0 Å². The van der Waals surface area contributed by atoms with Crippen LogP contribution in [0.1, 0.15) is 45.4 Å². The van der Waals surface area contributed by atoms with E-state index in [-0.39, 0.29) is 6.23 Å². The van der Waals surface area contributed by atoms with E-state index in [1.807, 2.05) is 0 Å². The van der Waals surface area contributed by atoms with Crippen molar-refractivity contribution in [3.8, 4) is 0 Å². The van der Waals surface area contributed by atoms with Gasteiger partial charge in [0.25, 0.3) is 0 Å². The molecule has 86 valence electrons. The maximum atomic E-state index is 5.81. The minimum atomic E-state index is 0.0127. The smallest absolute Gasteiger partial charge is 0.191 e. The molecule has 2 rings (SSSR count). The summed E-state index contributed by atoms with van der Waals surface area (Å²) in [5.41, 5.74) is 5.77. The summed E-state index contributed by atoms with van der Waals surface area (Å²) in [6.45, 7) is 2.22. The molecule has 0 aromatic carbocycles. The third kappa shape index (κ3) is 2.62. The molecule has 0 aromatic rings. The van der Waals surface area contributed by atoms with Crippen molar-refractivity contribution in [1.29, 1.82) is 0 Å². The molecule has 0 spiro atoms. The van der Waals surface area contributed by atoms with Gasteiger partial charge in [-0.3, -0.25) is 0 Å². The molecule has 2 aliphatic heterocycles. The maximum Gasteiger partial charge on any atom is 0.191 e. The van der Waals surface area contributed by atoms with Gasteiger partial charge in [0.15, 0.2) is 12.2 Å². The van der Waals surface area contributed by atoms with Crippen LogP contribution in [0.15, 0.2) is 4.99 Å². The van der Waals surface area contributed by atoms with Gasteiger partial charge in [0.05, 0.1) is 12.1 Å². The highest BCUT2D eigenvalue weighted by Gasteiger charge is 2.34. The van der Waals surface area contributed by atoms with Crippen molar-refractivity contribution in [3.63, 3.8) is 0 Å². The lowest BCUT2D eigenvalue weighted by atomic mass is 10.0. The van der Waals surface area contributed by atoms with Crippen LogP contribution < -0.4 is 11.1 Å². The zero-order chi connectivity index (χ0) is 10.7. The lowest BCUT2D eigenvalue weighted by molar-refractivity contribution is 0.0354. The summed E-state index contributed by atoms with van der Waals surface area (Å²) in [6, 6.07) is 0.368. The number of hydrogen-bond acceptors (Lipinski definition) is 4. The molecular formula is C11H21N3O. The highest BCUT2D eigenvalue weighted by molar-refractivity contribution is 5.78. The van der Waals surface area contributed by atoms with E-state index in [1.165, 1.54) is 19.3 Å². The number of ether oxygens (including phenoxy) is 1. The first kappa shape index (κ1) is 10.7. The van der Waals surface area contributed by atoms with Crippen molar-refractivity contribution in [1.82, 2.24) is 5.32 Å². The number of hydrogen-bond donors (Lipinski definition) is 2. The van der Waals surface area contributed by atoms with Gasteiger partial charge in [-0.15, -0.1) is 0 Å². The number of nitrogens with one attached hydrogen (secondary N) is 1. The third-order valence-electron chi connectivity index (χ3n) is 3.21. The number of guanidine groups is 1. The second-order valence-electron chi connectivity index (χ2n) is 4.47. The van der Waals surface area contributed by atoms with Crippen LogP contribution in [0.3, 0.4) is 0 Å². The first-order valence-corrected chi connectivity index (χ1v) is 6.05. The first-order valence-electron chi connectivity index (χ1n) is 6.05. The van der Waals surface area contributed by atoms with Crippen LogP contribution in [-0.4, -0.2) is 24.3 Å². The fourth-order valence-corrected chi connectivity index (χ4v) is 2.38. The SMILES string of the molecule is CCCCC[C@H]1NC(N)=N[C@H]2CC[C@@H]1O2. The molecule has 2 bridgehead atoms. The quantitative estimate of drug-likeness (QED) is 0.690. The zero-order valence-corrected chi connectivity index (χ0v) is 9.41. The van der Waals surface area contributed by atoms with E-state index in [0.717, 1.165) is 19.3 Å². The second-order valence-corrected chi connectivity index (χ2v) is 4.47. The van der Waals surface area contributed by atoms with Crippen LogP contribution in [0.4, 0.5) is 0 Å². The first-order chi connectivity index (χ1) is 7.29. The summed E-state index contributed by atoms with van der Waals surface area (Å²) in [4.78, 5) is 4.28. The number of unbranched alkanes of at least 4 members (excludes halogenated alkanes) is 2. The molecule has 1 saturated heterocycles. The highest BCUT2D eigenvalue weighted by Crippen LogP contribution is 2.27. The Kier molecular flexibility index (Phi) is 3.46. The average molecular weight is 211 g/mol. The Bertz CT molecular complexity index is 242. The number of fused-ring (bicyclic) bond motifs is 2. The monoisotopic (exact) mass is 211 g/mol. The molecule has 3 N–H and O–H groups in total. The van der Waals surface area contributed by atoms with Gasteiger partial charge in [-0.1, -0.05) is 26.2 Å². The van der Waals surface area contributed by atoms with E-state index >= 15 is 0 Å². The second kappa shape index (κ2) is 4.84. The predicted octanol–water partition coefficient (Wildman–Crippen LogP) is 1.36. The topological polar surface area (TPSA) is 59.6 Å². The molecular weight excluding hydrogens is 190 g/mol. The average Bonchev–Trinajstić information content (AvgIpc) is 2.58. The van der Waals surface area contributed by atoms with Crippen LogP contribution >= 0.6 is 0 Å². The van der Waals surface area contributed by atoms with Gasteiger partial charge in [0.1, 0.15) is 0 Å². The van der Waals surface area contributed by atoms with Crippen molar-refractivity contribution >= 4 is 5.96 Å². The standard InChI is InChI=1S/C11H21N3O/c1-2-3-4-5-8-9-6-7-10(15-9)14-11(12)13-8/h8-10H,2-7H2,1H3,(H3,12,13,14)/t8-,9+,10-/m1/s1. The van der Waals surface area contributed by atoms with Gasteiger partial charge >= 0.3 is 0 Å². The molecule has 4 heteroatoms. The van der Waals surface area contributed by atoms with Crippen LogP contribution in [0.2, 0.25) is 0 Å². The Morgan fingerprint density at radius 3 is 3.13 bits per heavy atom. The molecule has 0 aliphatic carbocycles. The molecule has 2 aliphatic rings. The third-order valence-corrected chi connectivity index (χ3v) is 3.21. The van der Waals surface area contributed by atoms with Crippen molar-refractivity contribution in [2.75, 3.05) is 0 Å². The summed E-state index contributed by atoms with van der Waals surface area (Å²) in [6.07, 6.45) is 7.39.